The Balaban J connectivity index is 2.53. The summed E-state index contributed by atoms with van der Waals surface area (Å²) in [5.41, 5.74) is 4.20. The highest BCUT2D eigenvalue weighted by molar-refractivity contribution is 5.82. The SMILES string of the molecule is CCCc1cc(CC)cc(C(Nc2ccc(C#N)cc2)C(=O)OC)c1OCCOC. The molecular weight excluding hydrogens is 380 g/mol. The van der Waals surface area contributed by atoms with Crippen LogP contribution in [0, 0.1) is 11.3 Å². The number of nitrogens with zero attached hydrogens (tertiary/aromatic N) is 1. The van der Waals surface area contributed by atoms with E-state index in [2.05, 4.69) is 31.3 Å². The number of nitriles is 1. The van der Waals surface area contributed by atoms with Gasteiger partial charge < -0.3 is 19.5 Å². The third-order valence-electron chi connectivity index (χ3n) is 4.79. The van der Waals surface area contributed by atoms with Crippen molar-refractivity contribution in [2.75, 3.05) is 32.8 Å². The van der Waals surface area contributed by atoms with E-state index in [1.54, 1.807) is 31.4 Å². The number of carbonyl (C=O) groups is 1. The van der Waals surface area contributed by atoms with Gasteiger partial charge in [-0.2, -0.15) is 5.26 Å². The molecule has 0 saturated carbocycles. The van der Waals surface area contributed by atoms with Gasteiger partial charge in [-0.05, 0) is 54.3 Å². The number of ether oxygens (including phenoxy) is 3. The minimum Gasteiger partial charge on any atom is -0.491 e. The van der Waals surface area contributed by atoms with Gasteiger partial charge in [-0.15, -0.1) is 0 Å². The van der Waals surface area contributed by atoms with Crippen LogP contribution in [0.3, 0.4) is 0 Å². The van der Waals surface area contributed by atoms with Gasteiger partial charge in [0.05, 0.1) is 25.3 Å². The largest absolute Gasteiger partial charge is 0.491 e. The van der Waals surface area contributed by atoms with Crippen LogP contribution in [0.2, 0.25) is 0 Å². The molecule has 0 bridgehead atoms. The third-order valence-corrected chi connectivity index (χ3v) is 4.79. The Bertz CT molecular complexity index is 872. The van der Waals surface area contributed by atoms with Crippen LogP contribution in [0.5, 0.6) is 5.75 Å². The summed E-state index contributed by atoms with van der Waals surface area (Å²) in [5.74, 6) is 0.286. The van der Waals surface area contributed by atoms with Crippen LogP contribution in [0.25, 0.3) is 0 Å². The summed E-state index contributed by atoms with van der Waals surface area (Å²) in [4.78, 5) is 12.8. The molecule has 30 heavy (non-hydrogen) atoms. The zero-order valence-corrected chi connectivity index (χ0v) is 18.2. The van der Waals surface area contributed by atoms with Gasteiger partial charge in [-0.25, -0.2) is 4.79 Å². The van der Waals surface area contributed by atoms with Crippen molar-refractivity contribution in [2.45, 2.75) is 39.2 Å². The lowest BCUT2D eigenvalue weighted by molar-refractivity contribution is -0.141. The number of nitrogens with one attached hydrogen (secondary N) is 1. The van der Waals surface area contributed by atoms with E-state index in [1.807, 2.05) is 6.07 Å². The lowest BCUT2D eigenvalue weighted by atomic mass is 9.95. The highest BCUT2D eigenvalue weighted by Gasteiger charge is 2.27. The third kappa shape index (κ3) is 5.98. The highest BCUT2D eigenvalue weighted by Crippen LogP contribution is 2.35. The van der Waals surface area contributed by atoms with Crippen molar-refractivity contribution in [3.8, 4) is 11.8 Å². The van der Waals surface area contributed by atoms with Crippen LogP contribution in [0.4, 0.5) is 5.69 Å². The average Bonchev–Trinajstić information content (AvgIpc) is 2.78. The fourth-order valence-electron chi connectivity index (χ4n) is 3.25. The van der Waals surface area contributed by atoms with Crippen molar-refractivity contribution in [1.29, 1.82) is 5.26 Å². The molecule has 1 atom stereocenters. The summed E-state index contributed by atoms with van der Waals surface area (Å²) in [6.45, 7) is 5.04. The van der Waals surface area contributed by atoms with Gasteiger partial charge in [-0.3, -0.25) is 0 Å². The molecule has 160 valence electrons. The second-order valence-corrected chi connectivity index (χ2v) is 6.91. The van der Waals surface area contributed by atoms with Crippen LogP contribution in [0.15, 0.2) is 36.4 Å². The maximum absolute atomic E-state index is 12.8. The number of hydrogen-bond donors (Lipinski definition) is 1. The van der Waals surface area contributed by atoms with E-state index < -0.39 is 12.0 Å². The molecule has 0 aliphatic rings. The number of rotatable bonds is 11. The molecule has 6 heteroatoms. The van der Waals surface area contributed by atoms with E-state index in [4.69, 9.17) is 19.5 Å². The number of anilines is 1. The molecular formula is C24H30N2O4. The maximum atomic E-state index is 12.8. The van der Waals surface area contributed by atoms with Crippen LogP contribution in [-0.2, 0) is 27.1 Å². The van der Waals surface area contributed by atoms with Crippen molar-refractivity contribution in [2.24, 2.45) is 0 Å². The Hall–Kier alpha value is -3.04. The second-order valence-electron chi connectivity index (χ2n) is 6.91. The molecule has 0 amide bonds. The smallest absolute Gasteiger partial charge is 0.333 e. The number of carbonyl (C=O) groups excluding carboxylic acids is 1. The second kappa shape index (κ2) is 11.8. The van der Waals surface area contributed by atoms with Crippen molar-refractivity contribution >= 4 is 11.7 Å². The Morgan fingerprint density at radius 3 is 2.43 bits per heavy atom. The summed E-state index contributed by atoms with van der Waals surface area (Å²) in [7, 11) is 3.00. The maximum Gasteiger partial charge on any atom is 0.333 e. The highest BCUT2D eigenvalue weighted by atomic mass is 16.5. The number of methoxy groups -OCH3 is 2. The van der Waals surface area contributed by atoms with E-state index in [1.165, 1.54) is 7.11 Å². The Labute approximate surface area is 178 Å². The fourth-order valence-corrected chi connectivity index (χ4v) is 3.25. The van der Waals surface area contributed by atoms with Crippen molar-refractivity contribution in [3.63, 3.8) is 0 Å². The molecule has 0 radical (unpaired) electrons. The first kappa shape index (κ1) is 23.2. The van der Waals surface area contributed by atoms with Gasteiger partial charge in [0.25, 0.3) is 0 Å². The quantitative estimate of drug-likeness (QED) is 0.436. The molecule has 2 rings (SSSR count). The van der Waals surface area contributed by atoms with Crippen molar-refractivity contribution in [1.82, 2.24) is 0 Å². The average molecular weight is 411 g/mol. The topological polar surface area (TPSA) is 80.6 Å². The van der Waals surface area contributed by atoms with Gasteiger partial charge in [-0.1, -0.05) is 26.3 Å². The minimum atomic E-state index is -0.748. The van der Waals surface area contributed by atoms with Gasteiger partial charge in [0, 0.05) is 18.4 Å². The number of hydrogen-bond acceptors (Lipinski definition) is 6. The molecule has 0 spiro atoms. The number of benzene rings is 2. The molecule has 1 unspecified atom stereocenters. The molecule has 0 aliphatic carbocycles. The monoisotopic (exact) mass is 410 g/mol. The van der Waals surface area contributed by atoms with E-state index in [9.17, 15) is 4.79 Å². The standard InChI is InChI=1S/C24H30N2O4/c1-5-7-19-14-17(6-2)15-21(23(19)30-13-12-28-3)22(24(27)29-4)26-20-10-8-18(16-25)9-11-20/h8-11,14-15,22,26H,5-7,12-13H2,1-4H3. The molecule has 0 heterocycles. The molecule has 0 saturated heterocycles. The van der Waals surface area contributed by atoms with Crippen LogP contribution < -0.4 is 10.1 Å². The van der Waals surface area contributed by atoms with Gasteiger partial charge >= 0.3 is 5.97 Å². The summed E-state index contributed by atoms with van der Waals surface area (Å²) in [6.07, 6.45) is 2.64. The Kier molecular flexibility index (Phi) is 9.17. The fraction of sp³-hybridized carbons (Fsp3) is 0.417. The molecule has 2 aromatic rings. The van der Waals surface area contributed by atoms with E-state index >= 15 is 0 Å². The van der Waals surface area contributed by atoms with Crippen LogP contribution >= 0.6 is 0 Å². The molecule has 0 fully saturated rings. The predicted octanol–water partition coefficient (Wildman–Crippen LogP) is 4.42. The van der Waals surface area contributed by atoms with E-state index in [0.717, 1.165) is 36.0 Å². The summed E-state index contributed by atoms with van der Waals surface area (Å²) in [5, 5.41) is 12.3. The van der Waals surface area contributed by atoms with Gasteiger partial charge in [0.2, 0.25) is 0 Å². The lowest BCUT2D eigenvalue weighted by Gasteiger charge is -2.24. The molecule has 0 aliphatic heterocycles. The first-order valence-electron chi connectivity index (χ1n) is 10.2. The lowest BCUT2D eigenvalue weighted by Crippen LogP contribution is -2.24. The zero-order valence-electron chi connectivity index (χ0n) is 18.2. The first-order valence-corrected chi connectivity index (χ1v) is 10.2. The Morgan fingerprint density at radius 2 is 1.87 bits per heavy atom. The first-order chi connectivity index (χ1) is 14.6. The molecule has 0 aromatic heterocycles. The molecule has 2 aromatic carbocycles. The summed E-state index contributed by atoms with van der Waals surface area (Å²) < 4.78 is 16.3. The molecule has 6 nitrogen and oxygen atoms in total. The number of aryl methyl sites for hydroxylation is 2. The van der Waals surface area contributed by atoms with E-state index in [-0.39, 0.29) is 0 Å². The summed E-state index contributed by atoms with van der Waals surface area (Å²) >= 11 is 0. The number of esters is 1. The predicted molar refractivity (Wildman–Crippen MR) is 117 cm³/mol. The summed E-state index contributed by atoms with van der Waals surface area (Å²) in [6, 6.07) is 12.5. The van der Waals surface area contributed by atoms with Crippen LogP contribution in [0.1, 0.15) is 48.6 Å². The Morgan fingerprint density at radius 1 is 1.13 bits per heavy atom. The normalized spacial score (nSPS) is 11.4. The van der Waals surface area contributed by atoms with Crippen molar-refractivity contribution < 1.29 is 19.0 Å². The minimum absolute atomic E-state index is 0.385. The zero-order chi connectivity index (χ0) is 21.9. The van der Waals surface area contributed by atoms with Gasteiger partial charge in [0.1, 0.15) is 12.4 Å². The molecule has 1 N–H and O–H groups in total. The van der Waals surface area contributed by atoms with E-state index in [0.29, 0.717) is 30.2 Å². The van der Waals surface area contributed by atoms with Crippen molar-refractivity contribution in [3.05, 3.63) is 58.7 Å². The van der Waals surface area contributed by atoms with Crippen LogP contribution in [-0.4, -0.2) is 33.4 Å². The van der Waals surface area contributed by atoms with Gasteiger partial charge in [0.15, 0.2) is 6.04 Å².